The molecular formula is C25H27NO4. The van der Waals surface area contributed by atoms with Gasteiger partial charge in [0.2, 0.25) is 0 Å². The number of methoxy groups -OCH3 is 1. The number of nitrogens with one attached hydrogen (secondary N) is 1. The molecule has 0 bridgehead atoms. The van der Waals surface area contributed by atoms with Gasteiger partial charge in [-0.05, 0) is 38.0 Å². The van der Waals surface area contributed by atoms with Crippen LogP contribution < -0.4 is 10.7 Å². The van der Waals surface area contributed by atoms with Gasteiger partial charge in [0.25, 0.3) is 0 Å². The Morgan fingerprint density at radius 1 is 1.10 bits per heavy atom. The molecule has 1 heterocycles. The molecule has 3 aromatic rings. The summed E-state index contributed by atoms with van der Waals surface area (Å²) >= 11 is 0. The van der Waals surface area contributed by atoms with Crippen LogP contribution in [0.1, 0.15) is 72.7 Å². The smallest absolute Gasteiger partial charge is 0.339 e. The first-order valence-electron chi connectivity index (χ1n) is 10.6. The number of esters is 1. The van der Waals surface area contributed by atoms with Crippen molar-refractivity contribution in [1.29, 1.82) is 0 Å². The molecule has 1 atom stereocenters. The number of benzene rings is 2. The molecule has 5 heteroatoms. The molecule has 30 heavy (non-hydrogen) atoms. The Labute approximate surface area is 176 Å². The van der Waals surface area contributed by atoms with E-state index in [4.69, 9.17) is 9.15 Å². The second kappa shape index (κ2) is 8.74. The van der Waals surface area contributed by atoms with Crippen molar-refractivity contribution in [3.05, 3.63) is 75.6 Å². The average Bonchev–Trinajstić information content (AvgIpc) is 2.79. The highest BCUT2D eigenvalue weighted by molar-refractivity contribution is 5.95. The van der Waals surface area contributed by atoms with Gasteiger partial charge in [0, 0.05) is 23.2 Å². The predicted octanol–water partition coefficient (Wildman–Crippen LogP) is 5.80. The van der Waals surface area contributed by atoms with Crippen molar-refractivity contribution in [2.75, 3.05) is 12.4 Å². The molecule has 1 saturated carbocycles. The standard InChI is InChI=1S/C25H27NO4/c1-16(26-21-14-7-6-11-19(21)25(28)29-2)18-12-8-13-20-22(27)15-23(30-24(18)20)17-9-4-3-5-10-17/h6-8,11-17,26H,3-5,9-10H2,1-2H3. The number of carbonyl (C=O) groups is 1. The molecule has 1 N–H and O–H groups in total. The molecular weight excluding hydrogens is 378 g/mol. The minimum atomic E-state index is -0.394. The third kappa shape index (κ3) is 3.97. The Morgan fingerprint density at radius 3 is 2.63 bits per heavy atom. The Hall–Kier alpha value is -3.08. The number of hydrogen-bond acceptors (Lipinski definition) is 5. The van der Waals surface area contributed by atoms with Crippen molar-refractivity contribution in [1.82, 2.24) is 0 Å². The summed E-state index contributed by atoms with van der Waals surface area (Å²) < 4.78 is 11.2. The highest BCUT2D eigenvalue weighted by Gasteiger charge is 2.21. The van der Waals surface area contributed by atoms with Gasteiger partial charge in [0.1, 0.15) is 11.3 Å². The molecule has 1 aromatic heterocycles. The van der Waals surface area contributed by atoms with Gasteiger partial charge in [-0.15, -0.1) is 0 Å². The summed E-state index contributed by atoms with van der Waals surface area (Å²) in [7, 11) is 1.37. The molecule has 1 aliphatic carbocycles. The number of hydrogen-bond donors (Lipinski definition) is 1. The lowest BCUT2D eigenvalue weighted by molar-refractivity contribution is 0.0602. The van der Waals surface area contributed by atoms with E-state index < -0.39 is 5.97 Å². The third-order valence-electron chi connectivity index (χ3n) is 5.98. The van der Waals surface area contributed by atoms with Crippen molar-refractivity contribution in [3.8, 4) is 0 Å². The van der Waals surface area contributed by atoms with Gasteiger partial charge < -0.3 is 14.5 Å². The fraction of sp³-hybridized carbons (Fsp3) is 0.360. The lowest BCUT2D eigenvalue weighted by atomic mass is 9.87. The second-order valence-electron chi connectivity index (χ2n) is 7.98. The molecule has 5 nitrogen and oxygen atoms in total. The van der Waals surface area contributed by atoms with Gasteiger partial charge in [0.15, 0.2) is 5.43 Å². The highest BCUT2D eigenvalue weighted by Crippen LogP contribution is 2.35. The SMILES string of the molecule is COC(=O)c1ccccc1NC(C)c1cccc2c(=O)cc(C3CCCCC3)oc12. The number of para-hydroxylation sites is 2. The van der Waals surface area contributed by atoms with Gasteiger partial charge in [0.05, 0.1) is 24.1 Å². The topological polar surface area (TPSA) is 68.5 Å². The Balaban J connectivity index is 1.73. The largest absolute Gasteiger partial charge is 0.465 e. The van der Waals surface area contributed by atoms with E-state index in [1.54, 1.807) is 18.2 Å². The van der Waals surface area contributed by atoms with Crippen LogP contribution in [-0.4, -0.2) is 13.1 Å². The minimum Gasteiger partial charge on any atom is -0.465 e. The number of ether oxygens (including phenoxy) is 1. The first-order chi connectivity index (χ1) is 14.6. The fourth-order valence-electron chi connectivity index (χ4n) is 4.35. The first-order valence-corrected chi connectivity index (χ1v) is 10.6. The van der Waals surface area contributed by atoms with E-state index in [-0.39, 0.29) is 11.5 Å². The maximum atomic E-state index is 12.8. The molecule has 0 aliphatic heterocycles. The maximum absolute atomic E-state index is 12.8. The summed E-state index contributed by atoms with van der Waals surface area (Å²) in [6, 6.07) is 14.4. The molecule has 156 valence electrons. The summed E-state index contributed by atoms with van der Waals surface area (Å²) in [5.41, 5.74) is 2.67. The zero-order valence-electron chi connectivity index (χ0n) is 17.4. The molecule has 1 unspecified atom stereocenters. The summed E-state index contributed by atoms with van der Waals surface area (Å²) in [5.74, 6) is 0.711. The lowest BCUT2D eigenvalue weighted by Gasteiger charge is -2.22. The third-order valence-corrected chi connectivity index (χ3v) is 5.98. The van der Waals surface area contributed by atoms with Gasteiger partial charge in [-0.1, -0.05) is 43.5 Å². The zero-order valence-corrected chi connectivity index (χ0v) is 17.4. The van der Waals surface area contributed by atoms with Gasteiger partial charge in [-0.25, -0.2) is 4.79 Å². The average molecular weight is 405 g/mol. The zero-order chi connectivity index (χ0) is 21.1. The van der Waals surface area contributed by atoms with Crippen LogP contribution in [0.3, 0.4) is 0 Å². The number of rotatable bonds is 5. The van der Waals surface area contributed by atoms with Crippen molar-refractivity contribution < 1.29 is 13.9 Å². The Kier molecular flexibility index (Phi) is 5.88. The molecule has 1 fully saturated rings. The number of carbonyl (C=O) groups excluding carboxylic acids is 1. The molecule has 1 aliphatic rings. The lowest BCUT2D eigenvalue weighted by Crippen LogP contribution is -2.14. The Morgan fingerprint density at radius 2 is 1.87 bits per heavy atom. The monoisotopic (exact) mass is 405 g/mol. The quantitative estimate of drug-likeness (QED) is 0.543. The Bertz CT molecular complexity index is 1110. The summed E-state index contributed by atoms with van der Waals surface area (Å²) in [5, 5.41) is 3.97. The van der Waals surface area contributed by atoms with Crippen LogP contribution in [-0.2, 0) is 4.74 Å². The van der Waals surface area contributed by atoms with Crippen molar-refractivity contribution in [2.45, 2.75) is 51.0 Å². The molecule has 2 aromatic carbocycles. The van der Waals surface area contributed by atoms with Crippen LogP contribution in [0.2, 0.25) is 0 Å². The molecule has 0 radical (unpaired) electrons. The van der Waals surface area contributed by atoms with E-state index >= 15 is 0 Å². The van der Waals surface area contributed by atoms with Crippen molar-refractivity contribution in [3.63, 3.8) is 0 Å². The van der Waals surface area contributed by atoms with Crippen LogP contribution >= 0.6 is 0 Å². The van der Waals surface area contributed by atoms with E-state index in [2.05, 4.69) is 5.32 Å². The molecule has 0 spiro atoms. The van der Waals surface area contributed by atoms with E-state index in [1.165, 1.54) is 26.4 Å². The first kappa shape index (κ1) is 20.2. The predicted molar refractivity (Wildman–Crippen MR) is 118 cm³/mol. The van der Waals surface area contributed by atoms with Crippen LogP contribution in [0.4, 0.5) is 5.69 Å². The normalized spacial score (nSPS) is 15.7. The van der Waals surface area contributed by atoms with Gasteiger partial charge in [-0.2, -0.15) is 0 Å². The van der Waals surface area contributed by atoms with Gasteiger partial charge in [-0.3, -0.25) is 4.79 Å². The van der Waals surface area contributed by atoms with Crippen molar-refractivity contribution >= 4 is 22.6 Å². The van der Waals surface area contributed by atoms with Crippen LogP contribution in [0.5, 0.6) is 0 Å². The highest BCUT2D eigenvalue weighted by atomic mass is 16.5. The maximum Gasteiger partial charge on any atom is 0.339 e. The molecule has 0 saturated heterocycles. The second-order valence-corrected chi connectivity index (χ2v) is 7.98. The fourth-order valence-corrected chi connectivity index (χ4v) is 4.35. The minimum absolute atomic E-state index is 0.000773. The van der Waals surface area contributed by atoms with Crippen LogP contribution in [0.25, 0.3) is 11.0 Å². The summed E-state index contributed by atoms with van der Waals surface area (Å²) in [6.07, 6.45) is 5.74. The summed E-state index contributed by atoms with van der Waals surface area (Å²) in [6.45, 7) is 2.00. The summed E-state index contributed by atoms with van der Waals surface area (Å²) in [4.78, 5) is 24.9. The number of fused-ring (bicyclic) bond motifs is 1. The molecule has 0 amide bonds. The van der Waals surface area contributed by atoms with Crippen LogP contribution in [0.15, 0.2) is 57.7 Å². The van der Waals surface area contributed by atoms with E-state index in [0.29, 0.717) is 28.1 Å². The van der Waals surface area contributed by atoms with E-state index in [1.807, 2.05) is 37.3 Å². The van der Waals surface area contributed by atoms with E-state index in [0.717, 1.165) is 24.2 Å². The van der Waals surface area contributed by atoms with Gasteiger partial charge >= 0.3 is 5.97 Å². The van der Waals surface area contributed by atoms with Crippen LogP contribution in [0, 0.1) is 0 Å². The molecule has 4 rings (SSSR count). The number of anilines is 1. The van der Waals surface area contributed by atoms with E-state index in [9.17, 15) is 9.59 Å². The van der Waals surface area contributed by atoms with Crippen molar-refractivity contribution in [2.24, 2.45) is 0 Å².